The summed E-state index contributed by atoms with van der Waals surface area (Å²) in [7, 11) is -3.94. The quantitative estimate of drug-likeness (QED) is 0.750. The Morgan fingerprint density at radius 1 is 1.12 bits per heavy atom. The van der Waals surface area contributed by atoms with Crippen LogP contribution in [0.4, 0.5) is 0 Å². The van der Waals surface area contributed by atoms with E-state index in [1.807, 2.05) is 38.1 Å². The molecule has 6 nitrogen and oxygen atoms in total. The predicted molar refractivity (Wildman–Crippen MR) is 93.8 cm³/mol. The first-order valence-electron chi connectivity index (χ1n) is 7.73. The van der Waals surface area contributed by atoms with Gasteiger partial charge < -0.3 is 9.84 Å². The number of nitrogens with one attached hydrogen (secondary N) is 1. The van der Waals surface area contributed by atoms with E-state index >= 15 is 0 Å². The van der Waals surface area contributed by atoms with Gasteiger partial charge in [-0.25, -0.2) is 8.42 Å². The molecule has 2 N–H and O–H groups in total. The van der Waals surface area contributed by atoms with Gasteiger partial charge in [-0.1, -0.05) is 42.0 Å². The minimum absolute atomic E-state index is 0.0169. The zero-order chi connectivity index (χ0) is 18.4. The number of carbonyl (C=O) groups is 1. The van der Waals surface area contributed by atoms with Crippen LogP contribution >= 0.6 is 0 Å². The standard InChI is InChI=1S/C18H21NO5S/c1-13-7-9-16(10-8-13)25(22,23)19-17(18(20)21)12-24-11-15-6-4-3-5-14(15)2/h3-10,17,19H,11-12H2,1-2H3,(H,20,21). The second kappa shape index (κ2) is 8.24. The average Bonchev–Trinajstić information content (AvgIpc) is 2.56. The molecule has 0 saturated carbocycles. The number of carboxylic acids is 1. The summed E-state index contributed by atoms with van der Waals surface area (Å²) in [5.41, 5.74) is 2.86. The summed E-state index contributed by atoms with van der Waals surface area (Å²) in [6, 6.07) is 12.4. The molecule has 0 saturated heterocycles. The molecule has 1 unspecified atom stereocenters. The number of benzene rings is 2. The van der Waals surface area contributed by atoms with Crippen molar-refractivity contribution in [1.82, 2.24) is 4.72 Å². The van der Waals surface area contributed by atoms with Gasteiger partial charge in [0.15, 0.2) is 0 Å². The maximum absolute atomic E-state index is 12.3. The minimum Gasteiger partial charge on any atom is -0.480 e. The Kier molecular flexibility index (Phi) is 6.30. The van der Waals surface area contributed by atoms with Crippen LogP contribution in [0.25, 0.3) is 0 Å². The van der Waals surface area contributed by atoms with Crippen molar-refractivity contribution >= 4 is 16.0 Å². The normalized spacial score (nSPS) is 12.7. The van der Waals surface area contributed by atoms with Crippen molar-refractivity contribution in [2.45, 2.75) is 31.4 Å². The van der Waals surface area contributed by atoms with Crippen LogP contribution in [-0.2, 0) is 26.2 Å². The van der Waals surface area contributed by atoms with E-state index in [0.29, 0.717) is 0 Å². The van der Waals surface area contributed by atoms with Gasteiger partial charge in [0.25, 0.3) is 0 Å². The maximum Gasteiger partial charge on any atom is 0.324 e. The smallest absolute Gasteiger partial charge is 0.324 e. The highest BCUT2D eigenvalue weighted by atomic mass is 32.2. The minimum atomic E-state index is -3.94. The third kappa shape index (κ3) is 5.38. The molecular weight excluding hydrogens is 342 g/mol. The summed E-state index contributed by atoms with van der Waals surface area (Å²) in [4.78, 5) is 11.4. The third-order valence-electron chi connectivity index (χ3n) is 3.73. The number of aliphatic carboxylic acids is 1. The molecule has 0 amide bonds. The molecule has 0 aliphatic rings. The third-order valence-corrected chi connectivity index (χ3v) is 5.22. The summed E-state index contributed by atoms with van der Waals surface area (Å²) in [6.07, 6.45) is 0. The van der Waals surface area contributed by atoms with Crippen molar-refractivity contribution in [1.29, 1.82) is 0 Å². The monoisotopic (exact) mass is 363 g/mol. The predicted octanol–water partition coefficient (Wildman–Crippen LogP) is 2.25. The molecule has 134 valence electrons. The van der Waals surface area contributed by atoms with E-state index < -0.39 is 22.0 Å². The van der Waals surface area contributed by atoms with Crippen molar-refractivity contribution < 1.29 is 23.1 Å². The molecule has 25 heavy (non-hydrogen) atoms. The zero-order valence-electron chi connectivity index (χ0n) is 14.1. The molecule has 2 rings (SSSR count). The molecule has 0 heterocycles. The lowest BCUT2D eigenvalue weighted by atomic mass is 10.1. The van der Waals surface area contributed by atoms with Crippen LogP contribution < -0.4 is 4.72 Å². The molecule has 7 heteroatoms. The molecule has 1 atom stereocenters. The molecule has 2 aromatic rings. The van der Waals surface area contributed by atoms with Crippen molar-refractivity contribution in [2.24, 2.45) is 0 Å². The van der Waals surface area contributed by atoms with E-state index in [4.69, 9.17) is 4.74 Å². The SMILES string of the molecule is Cc1ccc(S(=O)(=O)NC(COCc2ccccc2C)C(=O)O)cc1. The van der Waals surface area contributed by atoms with Crippen LogP contribution in [0.15, 0.2) is 53.4 Å². The number of rotatable bonds is 8. The van der Waals surface area contributed by atoms with E-state index in [1.165, 1.54) is 12.1 Å². The second-order valence-corrected chi connectivity index (χ2v) is 7.48. The summed E-state index contributed by atoms with van der Waals surface area (Å²) in [6.45, 7) is 3.70. The first kappa shape index (κ1) is 19.1. The van der Waals surface area contributed by atoms with Crippen LogP contribution in [0.3, 0.4) is 0 Å². The van der Waals surface area contributed by atoms with E-state index in [0.717, 1.165) is 16.7 Å². The fourth-order valence-electron chi connectivity index (χ4n) is 2.19. The number of hydrogen-bond acceptors (Lipinski definition) is 4. The number of hydrogen-bond donors (Lipinski definition) is 2. The van der Waals surface area contributed by atoms with E-state index in [-0.39, 0.29) is 18.1 Å². The summed E-state index contributed by atoms with van der Waals surface area (Å²) < 4.78 is 32.2. The summed E-state index contributed by atoms with van der Waals surface area (Å²) >= 11 is 0. The lowest BCUT2D eigenvalue weighted by Crippen LogP contribution is -2.43. The largest absolute Gasteiger partial charge is 0.480 e. The Morgan fingerprint density at radius 2 is 1.76 bits per heavy atom. The molecular formula is C18H21NO5S. The van der Waals surface area contributed by atoms with Crippen molar-refractivity contribution in [2.75, 3.05) is 6.61 Å². The molecule has 0 aromatic heterocycles. The van der Waals surface area contributed by atoms with Gasteiger partial charge in [-0.2, -0.15) is 4.72 Å². The van der Waals surface area contributed by atoms with Gasteiger partial charge in [-0.05, 0) is 37.1 Å². The van der Waals surface area contributed by atoms with E-state index in [2.05, 4.69) is 4.72 Å². The molecule has 0 aliphatic carbocycles. The first-order valence-corrected chi connectivity index (χ1v) is 9.22. The lowest BCUT2D eigenvalue weighted by Gasteiger charge is -2.16. The van der Waals surface area contributed by atoms with Crippen LogP contribution in [0.2, 0.25) is 0 Å². The van der Waals surface area contributed by atoms with Gasteiger partial charge in [-0.3, -0.25) is 4.79 Å². The van der Waals surface area contributed by atoms with Crippen molar-refractivity contribution in [3.63, 3.8) is 0 Å². The first-order chi connectivity index (χ1) is 11.8. The Balaban J connectivity index is 2.02. The molecule has 0 spiro atoms. The van der Waals surface area contributed by atoms with Crippen molar-refractivity contribution in [3.05, 3.63) is 65.2 Å². The highest BCUT2D eigenvalue weighted by Crippen LogP contribution is 2.12. The Morgan fingerprint density at radius 3 is 2.36 bits per heavy atom. The zero-order valence-corrected chi connectivity index (χ0v) is 14.9. The van der Waals surface area contributed by atoms with Gasteiger partial charge >= 0.3 is 5.97 Å². The van der Waals surface area contributed by atoms with E-state index in [1.54, 1.807) is 12.1 Å². The fourth-order valence-corrected chi connectivity index (χ4v) is 3.36. The van der Waals surface area contributed by atoms with Crippen LogP contribution in [0.1, 0.15) is 16.7 Å². The molecule has 0 radical (unpaired) electrons. The molecule has 0 fully saturated rings. The molecule has 0 bridgehead atoms. The van der Waals surface area contributed by atoms with Crippen LogP contribution in [-0.4, -0.2) is 32.1 Å². The maximum atomic E-state index is 12.3. The van der Waals surface area contributed by atoms with Crippen LogP contribution in [0.5, 0.6) is 0 Å². The number of aryl methyl sites for hydroxylation is 2. The van der Waals surface area contributed by atoms with Gasteiger partial charge in [0.1, 0.15) is 6.04 Å². The van der Waals surface area contributed by atoms with Gasteiger partial charge in [0.05, 0.1) is 18.1 Å². The second-order valence-electron chi connectivity index (χ2n) is 5.77. The lowest BCUT2D eigenvalue weighted by molar-refractivity contribution is -0.140. The molecule has 2 aromatic carbocycles. The highest BCUT2D eigenvalue weighted by molar-refractivity contribution is 7.89. The Hall–Kier alpha value is -2.22. The van der Waals surface area contributed by atoms with Gasteiger partial charge in [0.2, 0.25) is 10.0 Å². The topological polar surface area (TPSA) is 92.7 Å². The van der Waals surface area contributed by atoms with E-state index in [9.17, 15) is 18.3 Å². The van der Waals surface area contributed by atoms with Crippen LogP contribution in [0, 0.1) is 13.8 Å². The van der Waals surface area contributed by atoms with Gasteiger partial charge in [-0.15, -0.1) is 0 Å². The number of sulfonamides is 1. The van der Waals surface area contributed by atoms with Gasteiger partial charge in [0, 0.05) is 0 Å². The summed E-state index contributed by atoms with van der Waals surface area (Å²) in [5.74, 6) is -1.29. The number of ether oxygens (including phenoxy) is 1. The highest BCUT2D eigenvalue weighted by Gasteiger charge is 2.25. The Labute approximate surface area is 147 Å². The van der Waals surface area contributed by atoms with Crippen molar-refractivity contribution in [3.8, 4) is 0 Å². The fraction of sp³-hybridized carbons (Fsp3) is 0.278. The Bertz CT molecular complexity index is 831. The average molecular weight is 363 g/mol. The number of carboxylic acid groups (broad SMARTS) is 1. The molecule has 0 aliphatic heterocycles. The summed E-state index contributed by atoms with van der Waals surface area (Å²) in [5, 5.41) is 9.27.